The van der Waals surface area contributed by atoms with E-state index in [9.17, 15) is 0 Å². The van der Waals surface area contributed by atoms with E-state index in [1.165, 1.54) is 103 Å². The highest BCUT2D eigenvalue weighted by Crippen LogP contribution is 2.51. The molecule has 2 fully saturated rings. The minimum Gasteiger partial charge on any atom is -0.311 e. The SMILES string of the molecule is c1ccc(-c2cc(-c3ccccc3)cc(-c3cc(-c4cc5c6c(c4)N(c4cc(-c7ccccc7)cc(-c7ccccc7)c4)c4ccc(C7CCCCC7)cc4B6c4cc(C6CCCCC6)ccc4N5c4cc(-c5ccccc5)cc(-c5ccccc5)c4)nc(-c4cc(-c5ccccc5)cc(-c5ccccc5)c4)n3)c2)cc1. The predicted molar refractivity (Wildman–Crippen MR) is 468 cm³/mol. The van der Waals surface area contributed by atoms with Crippen molar-refractivity contribution >= 4 is 57.2 Å². The van der Waals surface area contributed by atoms with Gasteiger partial charge in [0.05, 0.1) is 11.4 Å². The molecule has 1 aromatic heterocycles. The molecule has 4 aliphatic rings. The van der Waals surface area contributed by atoms with Gasteiger partial charge in [0.15, 0.2) is 5.82 Å². The van der Waals surface area contributed by atoms with Gasteiger partial charge in [-0.2, -0.15) is 0 Å². The van der Waals surface area contributed by atoms with E-state index in [2.05, 4.69) is 380 Å². The van der Waals surface area contributed by atoms with Crippen LogP contribution in [0.5, 0.6) is 0 Å². The lowest BCUT2D eigenvalue weighted by Gasteiger charge is -2.45. The van der Waals surface area contributed by atoms with Gasteiger partial charge >= 0.3 is 0 Å². The molecule has 0 N–H and O–H groups in total. The molecule has 530 valence electrons. The van der Waals surface area contributed by atoms with Crippen LogP contribution in [0.4, 0.5) is 34.1 Å². The second-order valence-electron chi connectivity index (χ2n) is 30.9. The van der Waals surface area contributed by atoms with Crippen LogP contribution in [0, 0.1) is 0 Å². The van der Waals surface area contributed by atoms with Crippen molar-refractivity contribution < 1.29 is 0 Å². The third-order valence-electron chi connectivity index (χ3n) is 23.9. The molecule has 20 rings (SSSR count). The van der Waals surface area contributed by atoms with Gasteiger partial charge in [-0.25, -0.2) is 9.97 Å². The Balaban J connectivity index is 0.919. The Labute approximate surface area is 652 Å². The predicted octanol–water partition coefficient (Wildman–Crippen LogP) is 27.0. The van der Waals surface area contributed by atoms with E-state index in [-0.39, 0.29) is 6.71 Å². The van der Waals surface area contributed by atoms with Crippen LogP contribution < -0.4 is 26.2 Å². The zero-order valence-electron chi connectivity index (χ0n) is 62.3. The van der Waals surface area contributed by atoms with E-state index in [0.717, 1.165) is 140 Å². The van der Waals surface area contributed by atoms with Crippen LogP contribution in [-0.4, -0.2) is 16.7 Å². The van der Waals surface area contributed by atoms with Gasteiger partial charge in [0.1, 0.15) is 0 Å². The second-order valence-corrected chi connectivity index (χ2v) is 30.9. The van der Waals surface area contributed by atoms with E-state index >= 15 is 0 Å². The Bertz CT molecular complexity index is 5480. The first-order valence-electron chi connectivity index (χ1n) is 40.0. The summed E-state index contributed by atoms with van der Waals surface area (Å²) in [5.41, 5.74) is 36.4. The minimum atomic E-state index is -0.142. The highest BCUT2D eigenvalue weighted by Gasteiger charge is 2.45. The summed E-state index contributed by atoms with van der Waals surface area (Å²) < 4.78 is 0. The van der Waals surface area contributed by atoms with Gasteiger partial charge < -0.3 is 9.80 Å². The van der Waals surface area contributed by atoms with Gasteiger partial charge in [-0.15, -0.1) is 0 Å². The van der Waals surface area contributed by atoms with Crippen molar-refractivity contribution in [3.63, 3.8) is 0 Å². The lowest BCUT2D eigenvalue weighted by molar-refractivity contribution is 0.444. The lowest BCUT2D eigenvalue weighted by atomic mass is 9.33. The van der Waals surface area contributed by atoms with Gasteiger partial charge in [0.25, 0.3) is 6.71 Å². The summed E-state index contributed by atoms with van der Waals surface area (Å²) in [7, 11) is 0. The molecule has 15 aromatic carbocycles. The number of benzene rings is 15. The minimum absolute atomic E-state index is 0.142. The number of hydrogen-bond donors (Lipinski definition) is 0. The Morgan fingerprint density at radius 3 is 0.775 bits per heavy atom. The summed E-state index contributed by atoms with van der Waals surface area (Å²) in [5, 5.41) is 0. The fraction of sp³-hybridized carbons (Fsp3) is 0.113. The summed E-state index contributed by atoms with van der Waals surface area (Å²) in [6, 6.07) is 138. The number of nitrogens with zero attached hydrogens (tertiary/aromatic N) is 4. The molecule has 5 heteroatoms. The number of aromatic nitrogens is 2. The Morgan fingerprint density at radius 1 is 0.216 bits per heavy atom. The van der Waals surface area contributed by atoms with Gasteiger partial charge in [0, 0.05) is 50.8 Å². The van der Waals surface area contributed by atoms with Crippen molar-refractivity contribution in [3.8, 4) is 123 Å². The third kappa shape index (κ3) is 13.3. The fourth-order valence-electron chi connectivity index (χ4n) is 18.4. The molecule has 3 heterocycles. The summed E-state index contributed by atoms with van der Waals surface area (Å²) in [6.07, 6.45) is 12.4. The van der Waals surface area contributed by atoms with Crippen LogP contribution in [-0.2, 0) is 0 Å². The number of rotatable bonds is 15. The standard InChI is InChI=1S/C106H83BN4/c1-11-31-72(32-12-1)82-51-53-101-97(67-82)107-98-68-83(73-33-13-2-14-34-73)52-54-102(98)111(96-65-90(80-47-27-9-28-48-80)58-91(66-96)81-49-29-10-30-50-81)104-70-93(69-103(105(104)107)110(101)95-63-88(78-43-23-7-24-44-78)57-89(64-95)79-45-25-8-26-46-79)100-71-99(92-59-84(74-35-15-3-16-36-74)55-85(60-92)75-37-17-4-18-38-75)108-106(109-100)94-61-86(76-39-19-5-20-40-76)56-87(62-94)77-41-21-6-22-42-77/h3-10,15-30,35-73H,1-2,11-14,31-34H2. The molecule has 0 unspecified atom stereocenters. The summed E-state index contributed by atoms with van der Waals surface area (Å²) >= 11 is 0. The van der Waals surface area contributed by atoms with Crippen LogP contribution in [0.1, 0.15) is 87.2 Å². The van der Waals surface area contributed by atoms with E-state index < -0.39 is 0 Å². The van der Waals surface area contributed by atoms with E-state index in [0.29, 0.717) is 17.7 Å². The maximum Gasteiger partial charge on any atom is 0.252 e. The first-order valence-corrected chi connectivity index (χ1v) is 40.0. The molecule has 0 radical (unpaired) electrons. The van der Waals surface area contributed by atoms with Crippen LogP contribution in [0.25, 0.3) is 123 Å². The van der Waals surface area contributed by atoms with Gasteiger partial charge in [0.2, 0.25) is 0 Å². The largest absolute Gasteiger partial charge is 0.311 e. The van der Waals surface area contributed by atoms with Crippen LogP contribution in [0.15, 0.2) is 370 Å². The molecule has 0 bridgehead atoms. The van der Waals surface area contributed by atoms with Gasteiger partial charge in [-0.1, -0.05) is 305 Å². The average Bonchev–Trinajstić information content (AvgIpc) is 0.692. The molecule has 2 aliphatic carbocycles. The first-order chi connectivity index (χ1) is 55.0. The summed E-state index contributed by atoms with van der Waals surface area (Å²) in [5.74, 6) is 1.59. The highest BCUT2D eigenvalue weighted by molar-refractivity contribution is 7.00. The molecule has 111 heavy (non-hydrogen) atoms. The van der Waals surface area contributed by atoms with Crippen molar-refractivity contribution in [2.75, 3.05) is 9.80 Å². The molecule has 2 aliphatic heterocycles. The molecule has 0 saturated heterocycles. The maximum atomic E-state index is 6.07. The maximum absolute atomic E-state index is 6.07. The number of fused-ring (bicyclic) bond motifs is 4. The fourth-order valence-corrected chi connectivity index (χ4v) is 18.4. The molecular weight excluding hydrogens is 1340 g/mol. The Morgan fingerprint density at radius 2 is 0.477 bits per heavy atom. The van der Waals surface area contributed by atoms with E-state index in [1.54, 1.807) is 0 Å². The molecule has 0 atom stereocenters. The van der Waals surface area contributed by atoms with Crippen LogP contribution in [0.3, 0.4) is 0 Å². The summed E-state index contributed by atoms with van der Waals surface area (Å²) in [6.45, 7) is -0.142. The Hall–Kier alpha value is -13.0. The van der Waals surface area contributed by atoms with Gasteiger partial charge in [-0.3, -0.25) is 0 Å². The molecule has 2 saturated carbocycles. The molecule has 0 spiro atoms. The number of hydrogen-bond acceptors (Lipinski definition) is 4. The van der Waals surface area contributed by atoms with Crippen molar-refractivity contribution in [2.45, 2.75) is 76.0 Å². The highest BCUT2D eigenvalue weighted by atomic mass is 15.2. The molecule has 4 nitrogen and oxygen atoms in total. The third-order valence-corrected chi connectivity index (χ3v) is 23.9. The first kappa shape index (κ1) is 67.4. The second kappa shape index (κ2) is 29.6. The quantitative estimate of drug-likeness (QED) is 0.0958. The molecule has 16 aromatic rings. The van der Waals surface area contributed by atoms with Crippen molar-refractivity contribution in [1.82, 2.24) is 9.97 Å². The number of anilines is 6. The smallest absolute Gasteiger partial charge is 0.252 e. The molecular formula is C106H83BN4. The van der Waals surface area contributed by atoms with Crippen molar-refractivity contribution in [3.05, 3.63) is 381 Å². The topological polar surface area (TPSA) is 32.3 Å². The van der Waals surface area contributed by atoms with Crippen LogP contribution >= 0.6 is 0 Å². The average molecular weight is 1420 g/mol. The van der Waals surface area contributed by atoms with E-state index in [4.69, 9.17) is 9.97 Å². The van der Waals surface area contributed by atoms with Crippen LogP contribution in [0.2, 0.25) is 0 Å². The molecule has 0 amide bonds. The zero-order valence-corrected chi connectivity index (χ0v) is 62.3. The lowest BCUT2D eigenvalue weighted by Crippen LogP contribution is -2.61. The van der Waals surface area contributed by atoms with Crippen molar-refractivity contribution in [2.24, 2.45) is 0 Å². The zero-order chi connectivity index (χ0) is 73.6. The normalized spacial score (nSPS) is 14.0. The summed E-state index contributed by atoms with van der Waals surface area (Å²) in [4.78, 5) is 17.3. The van der Waals surface area contributed by atoms with Crippen molar-refractivity contribution in [1.29, 1.82) is 0 Å². The Kier molecular flexibility index (Phi) is 17.9. The van der Waals surface area contributed by atoms with Gasteiger partial charge in [-0.05, 0) is 257 Å². The monoisotopic (exact) mass is 1420 g/mol. The van der Waals surface area contributed by atoms with E-state index in [1.807, 2.05) is 0 Å².